The second-order valence-electron chi connectivity index (χ2n) is 5.48. The smallest absolute Gasteiger partial charge is 0.326 e. The first-order valence-corrected chi connectivity index (χ1v) is 7.02. The van der Waals surface area contributed by atoms with Crippen molar-refractivity contribution in [3.63, 3.8) is 0 Å². The van der Waals surface area contributed by atoms with Gasteiger partial charge in [0, 0.05) is 0 Å². The Morgan fingerprint density at radius 3 is 2.76 bits per heavy atom. The Labute approximate surface area is 121 Å². The number of carbonyl (C=O) groups excluding carboxylic acids is 1. The van der Waals surface area contributed by atoms with Crippen LogP contribution in [-0.2, 0) is 9.59 Å². The van der Waals surface area contributed by atoms with E-state index in [0.29, 0.717) is 0 Å². The Hall–Kier alpha value is -2.37. The van der Waals surface area contributed by atoms with Crippen LogP contribution in [0.2, 0.25) is 0 Å². The quantitative estimate of drug-likeness (QED) is 0.874. The molecular formula is C15H17N3O3. The predicted molar refractivity (Wildman–Crippen MR) is 76.7 cm³/mol. The van der Waals surface area contributed by atoms with Crippen molar-refractivity contribution in [2.24, 2.45) is 5.92 Å². The van der Waals surface area contributed by atoms with Gasteiger partial charge < -0.3 is 15.0 Å². The van der Waals surface area contributed by atoms with E-state index in [1.807, 2.05) is 24.3 Å². The average molecular weight is 287 g/mol. The first kappa shape index (κ1) is 13.6. The molecule has 2 N–H and O–H groups in total. The van der Waals surface area contributed by atoms with Gasteiger partial charge in [-0.1, -0.05) is 12.1 Å². The zero-order valence-corrected chi connectivity index (χ0v) is 11.7. The second-order valence-corrected chi connectivity index (χ2v) is 5.48. The summed E-state index contributed by atoms with van der Waals surface area (Å²) in [6.45, 7) is 1.75. The molecule has 1 saturated carbocycles. The molecule has 1 fully saturated rings. The summed E-state index contributed by atoms with van der Waals surface area (Å²) in [5.41, 5.74) is 1.67. The number of amides is 1. The van der Waals surface area contributed by atoms with Crippen LogP contribution < -0.4 is 5.32 Å². The molecule has 0 spiro atoms. The standard InChI is InChI=1S/C15H17N3O3/c1-9(14(19)17-13(15(20)21)10-6-7-10)18-8-16-11-4-2-3-5-12(11)18/h2-5,8-10,13H,6-7H2,1H3,(H,17,19)(H,20,21). The van der Waals surface area contributed by atoms with Gasteiger partial charge in [-0.3, -0.25) is 4.79 Å². The van der Waals surface area contributed by atoms with Crippen LogP contribution >= 0.6 is 0 Å². The van der Waals surface area contributed by atoms with Crippen molar-refractivity contribution >= 4 is 22.9 Å². The molecule has 1 aliphatic carbocycles. The Morgan fingerprint density at radius 2 is 2.10 bits per heavy atom. The minimum absolute atomic E-state index is 0.0678. The zero-order chi connectivity index (χ0) is 15.0. The van der Waals surface area contributed by atoms with Gasteiger partial charge in [0.25, 0.3) is 0 Å². The molecule has 1 aromatic heterocycles. The molecule has 6 heteroatoms. The number of nitrogens with zero attached hydrogens (tertiary/aromatic N) is 2. The minimum atomic E-state index is -0.964. The molecule has 21 heavy (non-hydrogen) atoms. The molecular weight excluding hydrogens is 270 g/mol. The van der Waals surface area contributed by atoms with E-state index in [9.17, 15) is 14.7 Å². The number of carbonyl (C=O) groups is 2. The highest BCUT2D eigenvalue weighted by Gasteiger charge is 2.38. The van der Waals surface area contributed by atoms with Gasteiger partial charge in [0.15, 0.2) is 0 Å². The van der Waals surface area contributed by atoms with Crippen molar-refractivity contribution in [3.05, 3.63) is 30.6 Å². The van der Waals surface area contributed by atoms with Crippen molar-refractivity contribution in [1.82, 2.24) is 14.9 Å². The maximum Gasteiger partial charge on any atom is 0.326 e. The van der Waals surface area contributed by atoms with Crippen LogP contribution in [0.1, 0.15) is 25.8 Å². The Morgan fingerprint density at radius 1 is 1.38 bits per heavy atom. The van der Waals surface area contributed by atoms with E-state index < -0.39 is 18.1 Å². The number of fused-ring (bicyclic) bond motifs is 1. The molecule has 0 aliphatic heterocycles. The lowest BCUT2D eigenvalue weighted by molar-refractivity contribution is -0.142. The monoisotopic (exact) mass is 287 g/mol. The van der Waals surface area contributed by atoms with Gasteiger partial charge in [-0.2, -0.15) is 0 Å². The fraction of sp³-hybridized carbons (Fsp3) is 0.400. The summed E-state index contributed by atoms with van der Waals surface area (Å²) in [7, 11) is 0. The van der Waals surface area contributed by atoms with Crippen molar-refractivity contribution < 1.29 is 14.7 Å². The van der Waals surface area contributed by atoms with Crippen LogP contribution in [0.3, 0.4) is 0 Å². The maximum absolute atomic E-state index is 12.3. The fourth-order valence-electron chi connectivity index (χ4n) is 2.50. The number of nitrogens with one attached hydrogen (secondary N) is 1. The van der Waals surface area contributed by atoms with E-state index in [1.54, 1.807) is 17.8 Å². The molecule has 0 saturated heterocycles. The van der Waals surface area contributed by atoms with Crippen molar-refractivity contribution in [2.45, 2.75) is 31.8 Å². The Kier molecular flexibility index (Phi) is 3.37. The molecule has 0 radical (unpaired) electrons. The van der Waals surface area contributed by atoms with Crippen LogP contribution in [0.15, 0.2) is 30.6 Å². The number of rotatable bonds is 5. The summed E-state index contributed by atoms with van der Waals surface area (Å²) in [5.74, 6) is -1.19. The third kappa shape index (κ3) is 2.61. The molecule has 1 heterocycles. The normalized spacial score (nSPS) is 17.4. The number of imidazole rings is 1. The van der Waals surface area contributed by atoms with Crippen molar-refractivity contribution in [1.29, 1.82) is 0 Å². The zero-order valence-electron chi connectivity index (χ0n) is 11.7. The van der Waals surface area contributed by atoms with Gasteiger partial charge >= 0.3 is 5.97 Å². The molecule has 2 aromatic rings. The number of para-hydroxylation sites is 2. The van der Waals surface area contributed by atoms with Crippen LogP contribution in [0.5, 0.6) is 0 Å². The highest BCUT2D eigenvalue weighted by molar-refractivity contribution is 5.87. The number of hydrogen-bond donors (Lipinski definition) is 2. The van der Waals surface area contributed by atoms with E-state index >= 15 is 0 Å². The third-order valence-electron chi connectivity index (χ3n) is 3.94. The maximum atomic E-state index is 12.3. The van der Waals surface area contributed by atoms with Gasteiger partial charge in [0.1, 0.15) is 12.1 Å². The average Bonchev–Trinajstić information content (AvgIpc) is 3.22. The molecule has 3 rings (SSSR count). The summed E-state index contributed by atoms with van der Waals surface area (Å²) < 4.78 is 1.76. The number of benzene rings is 1. The molecule has 6 nitrogen and oxygen atoms in total. The van der Waals surface area contributed by atoms with Crippen LogP contribution in [0.4, 0.5) is 0 Å². The third-order valence-corrected chi connectivity index (χ3v) is 3.94. The number of carboxylic acids is 1. The second kappa shape index (κ2) is 5.20. The molecule has 1 aliphatic rings. The molecule has 0 bridgehead atoms. The summed E-state index contributed by atoms with van der Waals surface area (Å²) in [6.07, 6.45) is 3.33. The summed E-state index contributed by atoms with van der Waals surface area (Å²) in [4.78, 5) is 27.8. The first-order chi connectivity index (χ1) is 10.1. The number of carboxylic acid groups (broad SMARTS) is 1. The highest BCUT2D eigenvalue weighted by atomic mass is 16.4. The van der Waals surface area contributed by atoms with Gasteiger partial charge in [0.2, 0.25) is 5.91 Å². The molecule has 1 amide bonds. The van der Waals surface area contributed by atoms with Gasteiger partial charge in [-0.05, 0) is 37.8 Å². The summed E-state index contributed by atoms with van der Waals surface area (Å²) in [6, 6.07) is 6.25. The first-order valence-electron chi connectivity index (χ1n) is 7.02. The van der Waals surface area contributed by atoms with Gasteiger partial charge in [0.05, 0.1) is 17.4 Å². The molecule has 1 aromatic carbocycles. The van der Waals surface area contributed by atoms with Crippen LogP contribution in [0.25, 0.3) is 11.0 Å². The van der Waals surface area contributed by atoms with Crippen molar-refractivity contribution in [3.8, 4) is 0 Å². The minimum Gasteiger partial charge on any atom is -0.480 e. The summed E-state index contributed by atoms with van der Waals surface area (Å²) in [5, 5.41) is 11.8. The number of aliphatic carboxylic acids is 1. The van der Waals surface area contributed by atoms with Crippen LogP contribution in [0, 0.1) is 5.92 Å². The largest absolute Gasteiger partial charge is 0.480 e. The lowest BCUT2D eigenvalue weighted by atomic mass is 10.1. The fourth-order valence-corrected chi connectivity index (χ4v) is 2.50. The predicted octanol–water partition coefficient (Wildman–Crippen LogP) is 1.58. The lowest BCUT2D eigenvalue weighted by Gasteiger charge is -2.18. The summed E-state index contributed by atoms with van der Waals surface area (Å²) >= 11 is 0. The van der Waals surface area contributed by atoms with E-state index in [0.717, 1.165) is 23.9 Å². The van der Waals surface area contributed by atoms with E-state index in [1.165, 1.54) is 0 Å². The van der Waals surface area contributed by atoms with Crippen LogP contribution in [-0.4, -0.2) is 32.6 Å². The number of hydrogen-bond acceptors (Lipinski definition) is 3. The Balaban J connectivity index is 1.79. The molecule has 2 atom stereocenters. The van der Waals surface area contributed by atoms with Gasteiger partial charge in [-0.25, -0.2) is 9.78 Å². The molecule has 2 unspecified atom stereocenters. The van der Waals surface area contributed by atoms with Gasteiger partial charge in [-0.15, -0.1) is 0 Å². The molecule has 110 valence electrons. The topological polar surface area (TPSA) is 84.2 Å². The van der Waals surface area contributed by atoms with E-state index in [-0.39, 0.29) is 11.8 Å². The van der Waals surface area contributed by atoms with E-state index in [2.05, 4.69) is 10.3 Å². The number of aromatic nitrogens is 2. The van der Waals surface area contributed by atoms with Crippen molar-refractivity contribution in [2.75, 3.05) is 0 Å². The van der Waals surface area contributed by atoms with E-state index in [4.69, 9.17) is 0 Å². The SMILES string of the molecule is CC(C(=O)NC(C(=O)O)C1CC1)n1cnc2ccccc21. The highest BCUT2D eigenvalue weighted by Crippen LogP contribution is 2.33. The lowest BCUT2D eigenvalue weighted by Crippen LogP contribution is -2.44. The Bertz CT molecular complexity index is 690.